The second kappa shape index (κ2) is 7.83. The number of hydrogen-bond acceptors (Lipinski definition) is 5. The summed E-state index contributed by atoms with van der Waals surface area (Å²) in [5, 5.41) is 13.6. The molecule has 1 atom stereocenters. The lowest BCUT2D eigenvalue weighted by Gasteiger charge is -2.13. The molecule has 0 saturated heterocycles. The summed E-state index contributed by atoms with van der Waals surface area (Å²) < 4.78 is 29.0. The maximum atomic E-state index is 13.7. The van der Waals surface area contributed by atoms with E-state index in [0.29, 0.717) is 5.16 Å². The van der Waals surface area contributed by atoms with Crippen LogP contribution in [0.3, 0.4) is 0 Å². The maximum absolute atomic E-state index is 13.7. The highest BCUT2D eigenvalue weighted by Crippen LogP contribution is 2.26. The van der Waals surface area contributed by atoms with Gasteiger partial charge in [-0.1, -0.05) is 30.0 Å². The molecule has 1 heterocycles. The van der Waals surface area contributed by atoms with Crippen LogP contribution >= 0.6 is 11.8 Å². The molecule has 27 heavy (non-hydrogen) atoms. The van der Waals surface area contributed by atoms with Gasteiger partial charge in [-0.3, -0.25) is 4.79 Å². The van der Waals surface area contributed by atoms with Gasteiger partial charge in [0.2, 0.25) is 11.1 Å². The topological polar surface area (TPSA) is 72.7 Å². The molecule has 1 N–H and O–H groups in total. The lowest BCUT2D eigenvalue weighted by Crippen LogP contribution is -2.24. The minimum absolute atomic E-state index is 0.403. The van der Waals surface area contributed by atoms with Gasteiger partial charge in [-0.2, -0.15) is 4.68 Å². The van der Waals surface area contributed by atoms with E-state index in [0.717, 1.165) is 40.7 Å². The normalized spacial score (nSPS) is 12.0. The molecule has 0 bridgehead atoms. The largest absolute Gasteiger partial charge is 0.320 e. The lowest BCUT2D eigenvalue weighted by atomic mass is 10.1. The summed E-state index contributed by atoms with van der Waals surface area (Å²) in [6, 6.07) is 9.27. The molecule has 0 unspecified atom stereocenters. The van der Waals surface area contributed by atoms with Crippen LogP contribution in [-0.4, -0.2) is 31.4 Å². The highest BCUT2D eigenvalue weighted by Gasteiger charge is 2.22. The molecule has 1 amide bonds. The van der Waals surface area contributed by atoms with Gasteiger partial charge in [-0.15, -0.1) is 5.10 Å². The molecule has 9 heteroatoms. The molecule has 0 aliphatic rings. The van der Waals surface area contributed by atoms with Crippen molar-refractivity contribution in [1.29, 1.82) is 0 Å². The summed E-state index contributed by atoms with van der Waals surface area (Å²) in [6.07, 6.45) is 0. The van der Waals surface area contributed by atoms with E-state index in [1.165, 1.54) is 6.07 Å². The van der Waals surface area contributed by atoms with Gasteiger partial charge in [0.25, 0.3) is 0 Å². The number of aromatic nitrogens is 4. The number of carbonyl (C=O) groups is 1. The van der Waals surface area contributed by atoms with Crippen molar-refractivity contribution in [2.75, 3.05) is 5.32 Å². The van der Waals surface area contributed by atoms with E-state index in [2.05, 4.69) is 20.8 Å². The number of hydrogen-bond donors (Lipinski definition) is 1. The first-order chi connectivity index (χ1) is 12.9. The molecule has 0 radical (unpaired) electrons. The number of anilines is 1. The Morgan fingerprint density at radius 2 is 1.89 bits per heavy atom. The SMILES string of the molecule is Cc1ccc(C)c(-n2nnnc2S[C@@H](C)C(=O)Nc2c(F)cccc2F)c1. The quantitative estimate of drug-likeness (QED) is 0.674. The minimum atomic E-state index is -0.833. The molecule has 0 saturated carbocycles. The van der Waals surface area contributed by atoms with Crippen LogP contribution in [0.4, 0.5) is 14.5 Å². The third-order valence-corrected chi connectivity index (χ3v) is 4.93. The van der Waals surface area contributed by atoms with Crippen LogP contribution in [0.25, 0.3) is 5.69 Å². The number of halogens is 2. The van der Waals surface area contributed by atoms with E-state index in [9.17, 15) is 13.6 Å². The molecule has 0 aliphatic heterocycles. The van der Waals surface area contributed by atoms with Crippen LogP contribution in [0, 0.1) is 25.5 Å². The van der Waals surface area contributed by atoms with Crippen LogP contribution < -0.4 is 5.32 Å². The zero-order valence-electron chi connectivity index (χ0n) is 14.9. The van der Waals surface area contributed by atoms with Crippen molar-refractivity contribution in [1.82, 2.24) is 20.2 Å². The number of benzene rings is 2. The smallest absolute Gasteiger partial charge is 0.237 e. The highest BCUT2D eigenvalue weighted by molar-refractivity contribution is 8.00. The summed E-state index contributed by atoms with van der Waals surface area (Å²) in [6.45, 7) is 5.50. The van der Waals surface area contributed by atoms with Crippen molar-refractivity contribution >= 4 is 23.4 Å². The second-order valence-corrected chi connectivity index (χ2v) is 7.32. The number of amides is 1. The van der Waals surface area contributed by atoms with E-state index < -0.39 is 28.5 Å². The Morgan fingerprint density at radius 1 is 1.19 bits per heavy atom. The summed E-state index contributed by atoms with van der Waals surface area (Å²) in [4.78, 5) is 12.4. The number of nitrogens with one attached hydrogen (secondary N) is 1. The fourth-order valence-electron chi connectivity index (χ4n) is 2.40. The molecule has 1 aromatic heterocycles. The van der Waals surface area contributed by atoms with Gasteiger partial charge >= 0.3 is 0 Å². The van der Waals surface area contributed by atoms with E-state index in [-0.39, 0.29) is 0 Å². The Hall–Kier alpha value is -2.81. The standard InChI is InChI=1S/C18H17F2N5OS/c1-10-7-8-11(2)15(9-10)25-18(22-23-24-25)27-12(3)17(26)21-16-13(19)5-4-6-14(16)20/h4-9,12H,1-3H3,(H,21,26)/t12-/m0/s1. The number of para-hydroxylation sites is 1. The molecule has 0 spiro atoms. The number of nitrogens with zero attached hydrogens (tertiary/aromatic N) is 4. The zero-order chi connectivity index (χ0) is 19.6. The lowest BCUT2D eigenvalue weighted by molar-refractivity contribution is -0.115. The molecular formula is C18H17F2N5OS. The minimum Gasteiger partial charge on any atom is -0.320 e. The predicted octanol–water partition coefficient (Wildman–Crippen LogP) is 3.68. The van der Waals surface area contributed by atoms with Crippen molar-refractivity contribution in [3.63, 3.8) is 0 Å². The van der Waals surface area contributed by atoms with Crippen LogP contribution in [0.5, 0.6) is 0 Å². The molecule has 6 nitrogen and oxygen atoms in total. The van der Waals surface area contributed by atoms with Gasteiger partial charge < -0.3 is 5.32 Å². The van der Waals surface area contributed by atoms with Crippen molar-refractivity contribution in [2.24, 2.45) is 0 Å². The van der Waals surface area contributed by atoms with E-state index >= 15 is 0 Å². The highest BCUT2D eigenvalue weighted by atomic mass is 32.2. The number of rotatable bonds is 5. The maximum Gasteiger partial charge on any atom is 0.237 e. The Kier molecular flexibility index (Phi) is 5.50. The predicted molar refractivity (Wildman–Crippen MR) is 98.9 cm³/mol. The first kappa shape index (κ1) is 19.0. The van der Waals surface area contributed by atoms with Crippen LogP contribution in [0.15, 0.2) is 41.6 Å². The van der Waals surface area contributed by atoms with Gasteiger partial charge in [0, 0.05) is 0 Å². The third kappa shape index (κ3) is 4.13. The van der Waals surface area contributed by atoms with Crippen LogP contribution in [-0.2, 0) is 4.79 Å². The number of aryl methyl sites for hydroxylation is 2. The van der Waals surface area contributed by atoms with E-state index in [1.807, 2.05) is 32.0 Å². The average Bonchev–Trinajstić information content (AvgIpc) is 3.08. The van der Waals surface area contributed by atoms with Crippen LogP contribution in [0.2, 0.25) is 0 Å². The first-order valence-corrected chi connectivity index (χ1v) is 9.02. The number of carbonyl (C=O) groups excluding carboxylic acids is 1. The average molecular weight is 389 g/mol. The summed E-state index contributed by atoms with van der Waals surface area (Å²) in [7, 11) is 0. The Morgan fingerprint density at radius 3 is 2.59 bits per heavy atom. The van der Waals surface area contributed by atoms with Crippen LogP contribution in [0.1, 0.15) is 18.1 Å². The monoisotopic (exact) mass is 389 g/mol. The van der Waals surface area contributed by atoms with E-state index in [4.69, 9.17) is 0 Å². The Labute approximate surface area is 159 Å². The summed E-state index contributed by atoms with van der Waals surface area (Å²) in [5.41, 5.74) is 2.35. The molecular weight excluding hydrogens is 372 g/mol. The third-order valence-electron chi connectivity index (χ3n) is 3.90. The fourth-order valence-corrected chi connectivity index (χ4v) is 3.21. The number of tetrazole rings is 1. The van der Waals surface area contributed by atoms with Gasteiger partial charge in [-0.25, -0.2) is 8.78 Å². The van der Waals surface area contributed by atoms with Gasteiger partial charge in [0.15, 0.2) is 0 Å². The van der Waals surface area contributed by atoms with Gasteiger partial charge in [-0.05, 0) is 60.5 Å². The molecule has 2 aromatic carbocycles. The second-order valence-electron chi connectivity index (χ2n) is 6.01. The zero-order valence-corrected chi connectivity index (χ0v) is 15.7. The summed E-state index contributed by atoms with van der Waals surface area (Å²) in [5.74, 6) is -2.22. The van der Waals surface area contributed by atoms with Gasteiger partial charge in [0.05, 0.1) is 10.9 Å². The molecule has 0 fully saturated rings. The molecule has 140 valence electrons. The Bertz CT molecular complexity index is 971. The van der Waals surface area contributed by atoms with Crippen molar-refractivity contribution in [3.8, 4) is 5.69 Å². The van der Waals surface area contributed by atoms with Gasteiger partial charge in [0.1, 0.15) is 17.3 Å². The van der Waals surface area contributed by atoms with Crippen molar-refractivity contribution in [3.05, 3.63) is 59.2 Å². The fraction of sp³-hybridized carbons (Fsp3) is 0.222. The number of thioether (sulfide) groups is 1. The first-order valence-electron chi connectivity index (χ1n) is 8.14. The van der Waals surface area contributed by atoms with Crippen molar-refractivity contribution in [2.45, 2.75) is 31.2 Å². The molecule has 3 aromatic rings. The molecule has 3 rings (SSSR count). The Balaban J connectivity index is 1.79. The van der Waals surface area contributed by atoms with E-state index in [1.54, 1.807) is 11.6 Å². The summed E-state index contributed by atoms with van der Waals surface area (Å²) >= 11 is 1.10. The molecule has 0 aliphatic carbocycles. The van der Waals surface area contributed by atoms with Crippen molar-refractivity contribution < 1.29 is 13.6 Å².